The summed E-state index contributed by atoms with van der Waals surface area (Å²) in [5.74, 6) is 1.62. The fourth-order valence-corrected chi connectivity index (χ4v) is 3.18. The van der Waals surface area contributed by atoms with E-state index < -0.39 is 0 Å². The number of ether oxygens (including phenoxy) is 2. The Morgan fingerprint density at radius 3 is 2.45 bits per heavy atom. The van der Waals surface area contributed by atoms with Gasteiger partial charge in [0.15, 0.2) is 17.3 Å². The number of anilines is 1. The van der Waals surface area contributed by atoms with Gasteiger partial charge in [-0.15, -0.1) is 0 Å². The number of amides is 1. The number of para-hydroxylation sites is 2. The molecule has 0 spiro atoms. The monoisotopic (exact) mass is 413 g/mol. The van der Waals surface area contributed by atoms with Crippen LogP contribution in [0, 0.1) is 0 Å². The zero-order chi connectivity index (χ0) is 21.5. The molecule has 0 aliphatic heterocycles. The highest BCUT2D eigenvalue weighted by Gasteiger charge is 2.10. The Hall–Kier alpha value is -4.06. The summed E-state index contributed by atoms with van der Waals surface area (Å²) in [6, 6.07) is 26.6. The quantitative estimate of drug-likeness (QED) is 0.452. The highest BCUT2D eigenvalue weighted by atomic mass is 16.5. The molecule has 1 aromatic heterocycles. The number of aromatic nitrogens is 2. The van der Waals surface area contributed by atoms with Crippen molar-refractivity contribution in [2.24, 2.45) is 0 Å². The van der Waals surface area contributed by atoms with Gasteiger partial charge >= 0.3 is 0 Å². The number of carbonyl (C=O) groups is 1. The lowest BCUT2D eigenvalue weighted by Gasteiger charge is -2.11. The minimum Gasteiger partial charge on any atom is -0.493 e. The number of rotatable bonds is 8. The summed E-state index contributed by atoms with van der Waals surface area (Å²) in [5.41, 5.74) is 2.57. The Morgan fingerprint density at radius 1 is 0.903 bits per heavy atom. The van der Waals surface area contributed by atoms with Crippen molar-refractivity contribution in [1.29, 1.82) is 0 Å². The van der Waals surface area contributed by atoms with E-state index >= 15 is 0 Å². The Bertz CT molecular complexity index is 1160. The molecule has 31 heavy (non-hydrogen) atoms. The lowest BCUT2D eigenvalue weighted by atomic mass is 10.1. The van der Waals surface area contributed by atoms with Gasteiger partial charge < -0.3 is 14.8 Å². The molecule has 0 bridgehead atoms. The van der Waals surface area contributed by atoms with Crippen LogP contribution in [0.2, 0.25) is 0 Å². The average Bonchev–Trinajstić information content (AvgIpc) is 3.25. The van der Waals surface area contributed by atoms with Gasteiger partial charge in [0, 0.05) is 17.8 Å². The van der Waals surface area contributed by atoms with Gasteiger partial charge in [-0.05, 0) is 35.4 Å². The summed E-state index contributed by atoms with van der Waals surface area (Å²) in [5, 5.41) is 7.29. The van der Waals surface area contributed by atoms with Crippen LogP contribution < -0.4 is 14.8 Å². The maximum absolute atomic E-state index is 12.7. The third-order valence-corrected chi connectivity index (χ3v) is 4.72. The van der Waals surface area contributed by atoms with Crippen molar-refractivity contribution >= 4 is 11.7 Å². The van der Waals surface area contributed by atoms with Crippen molar-refractivity contribution in [3.8, 4) is 11.5 Å². The summed E-state index contributed by atoms with van der Waals surface area (Å²) in [6.07, 6.45) is 1.85. The molecule has 4 rings (SSSR count). The van der Waals surface area contributed by atoms with Crippen LogP contribution in [0.15, 0.2) is 91.1 Å². The van der Waals surface area contributed by atoms with Crippen LogP contribution in [0.4, 0.5) is 5.82 Å². The summed E-state index contributed by atoms with van der Waals surface area (Å²) in [7, 11) is 1.61. The van der Waals surface area contributed by atoms with Gasteiger partial charge in [0.05, 0.1) is 13.7 Å². The molecular weight excluding hydrogens is 390 g/mol. The predicted octanol–water partition coefficient (Wildman–Crippen LogP) is 4.77. The Labute approximate surface area is 181 Å². The first-order valence-electron chi connectivity index (χ1n) is 9.95. The van der Waals surface area contributed by atoms with Crippen molar-refractivity contribution in [3.63, 3.8) is 0 Å². The van der Waals surface area contributed by atoms with E-state index in [2.05, 4.69) is 10.4 Å². The molecule has 156 valence electrons. The van der Waals surface area contributed by atoms with E-state index in [-0.39, 0.29) is 5.91 Å². The number of nitrogens with zero attached hydrogens (tertiary/aromatic N) is 2. The molecule has 0 unspecified atom stereocenters. The molecular formula is C25H23N3O3. The molecule has 0 aliphatic rings. The van der Waals surface area contributed by atoms with E-state index in [4.69, 9.17) is 9.47 Å². The Kier molecular flexibility index (Phi) is 6.28. The van der Waals surface area contributed by atoms with Gasteiger partial charge in [-0.25, -0.2) is 0 Å². The minimum absolute atomic E-state index is 0.218. The summed E-state index contributed by atoms with van der Waals surface area (Å²) >= 11 is 0. The van der Waals surface area contributed by atoms with E-state index in [0.29, 0.717) is 36.0 Å². The van der Waals surface area contributed by atoms with Gasteiger partial charge in [0.2, 0.25) is 0 Å². The average molecular weight is 413 g/mol. The van der Waals surface area contributed by atoms with Crippen molar-refractivity contribution in [2.75, 3.05) is 12.4 Å². The van der Waals surface area contributed by atoms with Crippen LogP contribution in [-0.4, -0.2) is 22.8 Å². The topological polar surface area (TPSA) is 65.4 Å². The highest BCUT2D eigenvalue weighted by Crippen LogP contribution is 2.26. The number of carbonyl (C=O) groups excluding carboxylic acids is 1. The van der Waals surface area contributed by atoms with Crippen molar-refractivity contribution in [3.05, 3.63) is 108 Å². The van der Waals surface area contributed by atoms with Gasteiger partial charge in [-0.3, -0.25) is 9.48 Å². The SMILES string of the molecule is COc1ccccc1OCc1cccc(C(=O)Nc2ccn(Cc3ccccc3)n2)c1. The molecule has 1 heterocycles. The fourth-order valence-electron chi connectivity index (χ4n) is 3.18. The molecule has 3 aromatic carbocycles. The van der Waals surface area contributed by atoms with E-state index in [1.165, 1.54) is 0 Å². The third-order valence-electron chi connectivity index (χ3n) is 4.72. The lowest BCUT2D eigenvalue weighted by molar-refractivity contribution is 0.102. The second-order valence-corrected chi connectivity index (χ2v) is 6.98. The first-order chi connectivity index (χ1) is 15.2. The maximum Gasteiger partial charge on any atom is 0.256 e. The molecule has 6 heteroatoms. The zero-order valence-corrected chi connectivity index (χ0v) is 17.2. The van der Waals surface area contributed by atoms with Gasteiger partial charge in [0.25, 0.3) is 5.91 Å². The molecule has 0 aliphatic carbocycles. The largest absolute Gasteiger partial charge is 0.493 e. The van der Waals surface area contributed by atoms with Gasteiger partial charge in [-0.2, -0.15) is 5.10 Å². The number of nitrogens with one attached hydrogen (secondary N) is 1. The van der Waals surface area contributed by atoms with Crippen LogP contribution in [0.25, 0.3) is 0 Å². The molecule has 0 saturated heterocycles. The standard InChI is InChI=1S/C25H23N3O3/c1-30-22-12-5-6-13-23(22)31-18-20-10-7-11-21(16-20)25(29)26-24-14-15-28(27-24)17-19-8-3-2-4-9-19/h2-16H,17-18H2,1H3,(H,26,27,29). The second-order valence-electron chi connectivity index (χ2n) is 6.98. The number of hydrogen-bond acceptors (Lipinski definition) is 4. The van der Waals surface area contributed by atoms with E-state index in [0.717, 1.165) is 11.1 Å². The molecule has 0 fully saturated rings. The maximum atomic E-state index is 12.7. The van der Waals surface area contributed by atoms with Crippen LogP contribution in [0.3, 0.4) is 0 Å². The van der Waals surface area contributed by atoms with Crippen LogP contribution in [0.1, 0.15) is 21.5 Å². The van der Waals surface area contributed by atoms with E-state index in [1.54, 1.807) is 23.9 Å². The zero-order valence-electron chi connectivity index (χ0n) is 17.2. The lowest BCUT2D eigenvalue weighted by Crippen LogP contribution is -2.13. The molecule has 1 N–H and O–H groups in total. The van der Waals surface area contributed by atoms with E-state index in [9.17, 15) is 4.79 Å². The first-order valence-corrected chi connectivity index (χ1v) is 9.95. The summed E-state index contributed by atoms with van der Waals surface area (Å²) < 4.78 is 13.0. The molecule has 6 nitrogen and oxygen atoms in total. The Balaban J connectivity index is 1.38. The fraction of sp³-hybridized carbons (Fsp3) is 0.120. The molecule has 4 aromatic rings. The first kappa shape index (κ1) is 20.2. The molecule has 0 saturated carbocycles. The number of hydrogen-bond donors (Lipinski definition) is 1. The van der Waals surface area contributed by atoms with Crippen molar-refractivity contribution < 1.29 is 14.3 Å². The van der Waals surface area contributed by atoms with Crippen LogP contribution in [0.5, 0.6) is 11.5 Å². The Morgan fingerprint density at radius 2 is 1.65 bits per heavy atom. The molecule has 1 amide bonds. The second kappa shape index (κ2) is 9.63. The van der Waals surface area contributed by atoms with Crippen LogP contribution >= 0.6 is 0 Å². The summed E-state index contributed by atoms with van der Waals surface area (Å²) in [4.78, 5) is 12.7. The van der Waals surface area contributed by atoms with Crippen molar-refractivity contribution in [1.82, 2.24) is 9.78 Å². The smallest absolute Gasteiger partial charge is 0.256 e. The highest BCUT2D eigenvalue weighted by molar-refractivity contribution is 6.03. The molecule has 0 radical (unpaired) electrons. The van der Waals surface area contributed by atoms with Gasteiger partial charge in [0.1, 0.15) is 6.61 Å². The van der Waals surface area contributed by atoms with E-state index in [1.807, 2.05) is 79.0 Å². The number of benzene rings is 3. The van der Waals surface area contributed by atoms with Crippen LogP contribution in [-0.2, 0) is 13.2 Å². The normalized spacial score (nSPS) is 10.5. The minimum atomic E-state index is -0.218. The third kappa shape index (κ3) is 5.30. The summed E-state index contributed by atoms with van der Waals surface area (Å²) in [6.45, 7) is 0.972. The number of methoxy groups -OCH3 is 1. The van der Waals surface area contributed by atoms with Gasteiger partial charge in [-0.1, -0.05) is 54.6 Å². The predicted molar refractivity (Wildman–Crippen MR) is 119 cm³/mol. The van der Waals surface area contributed by atoms with Crippen molar-refractivity contribution in [2.45, 2.75) is 13.2 Å². The molecule has 0 atom stereocenters.